The van der Waals surface area contributed by atoms with Gasteiger partial charge in [-0.15, -0.1) is 11.8 Å². The van der Waals surface area contributed by atoms with E-state index in [1.807, 2.05) is 13.8 Å². The van der Waals surface area contributed by atoms with Crippen molar-refractivity contribution >= 4 is 23.8 Å². The van der Waals surface area contributed by atoms with Gasteiger partial charge in [-0.3, -0.25) is 4.90 Å². The van der Waals surface area contributed by atoms with E-state index in [9.17, 15) is 14.7 Å². The van der Waals surface area contributed by atoms with Crippen molar-refractivity contribution in [3.05, 3.63) is 18.0 Å². The van der Waals surface area contributed by atoms with Gasteiger partial charge in [0.15, 0.2) is 5.76 Å². The molecule has 1 aliphatic heterocycles. The number of hydrogen-bond donors (Lipinski definition) is 2. The highest BCUT2D eigenvalue weighted by Crippen LogP contribution is 2.34. The topological polar surface area (TPSA) is 95.7 Å². The van der Waals surface area contributed by atoms with Crippen LogP contribution in [-0.4, -0.2) is 44.3 Å². The number of nitrogens with zero attached hydrogens (tertiary/aromatic N) is 2. The molecule has 8 heteroatoms. The van der Waals surface area contributed by atoms with Crippen LogP contribution in [0.2, 0.25) is 0 Å². The van der Waals surface area contributed by atoms with E-state index in [1.165, 1.54) is 22.9 Å². The molecule has 2 rings (SSSR count). The van der Waals surface area contributed by atoms with Gasteiger partial charge in [0, 0.05) is 11.8 Å². The Hall–Kier alpha value is -1.70. The molecule has 7 nitrogen and oxygen atoms in total. The summed E-state index contributed by atoms with van der Waals surface area (Å²) in [4.78, 5) is 24.9. The summed E-state index contributed by atoms with van der Waals surface area (Å²) in [6.07, 6.45) is 1.49. The van der Waals surface area contributed by atoms with Crippen molar-refractivity contribution in [1.82, 2.24) is 15.4 Å². The summed E-state index contributed by atoms with van der Waals surface area (Å²) in [5.74, 6) is 0.141. The van der Waals surface area contributed by atoms with Crippen LogP contribution in [0.15, 0.2) is 16.8 Å². The van der Waals surface area contributed by atoms with Crippen LogP contribution < -0.4 is 5.32 Å². The van der Waals surface area contributed by atoms with E-state index in [2.05, 4.69) is 10.5 Å². The Morgan fingerprint density at radius 1 is 1.65 bits per heavy atom. The summed E-state index contributed by atoms with van der Waals surface area (Å²) in [6, 6.07) is 0.466. The lowest BCUT2D eigenvalue weighted by atomic mass is 10.2. The molecule has 0 spiro atoms. The van der Waals surface area contributed by atoms with Gasteiger partial charge in [-0.05, 0) is 5.92 Å². The first-order chi connectivity index (χ1) is 9.50. The highest BCUT2D eigenvalue weighted by Gasteiger charge is 2.42. The molecule has 2 heterocycles. The smallest absolute Gasteiger partial charge is 0.327 e. The largest absolute Gasteiger partial charge is 0.480 e. The van der Waals surface area contributed by atoms with E-state index < -0.39 is 18.0 Å². The van der Waals surface area contributed by atoms with Crippen LogP contribution in [0.4, 0.5) is 4.79 Å². The van der Waals surface area contributed by atoms with Gasteiger partial charge in [-0.2, -0.15) is 0 Å². The molecule has 0 saturated carbocycles. The first kappa shape index (κ1) is 14.7. The highest BCUT2D eigenvalue weighted by atomic mass is 32.2. The van der Waals surface area contributed by atoms with Crippen LogP contribution >= 0.6 is 11.8 Å². The van der Waals surface area contributed by atoms with E-state index in [-0.39, 0.29) is 17.8 Å². The fourth-order valence-corrected chi connectivity index (χ4v) is 3.55. The number of carbonyl (C=O) groups excluding carboxylic acids is 1. The molecule has 0 radical (unpaired) electrons. The zero-order valence-electron chi connectivity index (χ0n) is 11.3. The maximum Gasteiger partial charge on any atom is 0.327 e. The van der Waals surface area contributed by atoms with Crippen LogP contribution in [-0.2, 0) is 11.3 Å². The Kier molecular flexibility index (Phi) is 4.53. The number of carboxylic acid groups (broad SMARTS) is 1. The van der Waals surface area contributed by atoms with Gasteiger partial charge in [-0.1, -0.05) is 19.0 Å². The van der Waals surface area contributed by atoms with Gasteiger partial charge in [0.05, 0.1) is 18.1 Å². The number of aliphatic carboxylic acids is 1. The highest BCUT2D eigenvalue weighted by molar-refractivity contribution is 8.00. The van der Waals surface area contributed by atoms with E-state index in [4.69, 9.17) is 4.52 Å². The maximum absolute atomic E-state index is 12.2. The molecular formula is C12H17N3O4S. The number of aromatic nitrogens is 1. The van der Waals surface area contributed by atoms with Gasteiger partial charge in [-0.25, -0.2) is 9.59 Å². The fraction of sp³-hybridized carbons (Fsp3) is 0.583. The quantitative estimate of drug-likeness (QED) is 0.871. The lowest BCUT2D eigenvalue weighted by Gasteiger charge is -2.29. The summed E-state index contributed by atoms with van der Waals surface area (Å²) in [7, 11) is 0. The Morgan fingerprint density at radius 3 is 2.95 bits per heavy atom. The molecule has 0 aromatic carbocycles. The Morgan fingerprint density at radius 2 is 2.40 bits per heavy atom. The number of carboxylic acids is 1. The minimum atomic E-state index is -0.976. The summed E-state index contributed by atoms with van der Waals surface area (Å²) in [5.41, 5.74) is 0. The second-order valence-electron chi connectivity index (χ2n) is 4.87. The standard InChI is InChI=1S/C12H17N3O4S/c1-7(2)10-15(9(6-20-10)11(16)17)12(18)13-5-8-3-4-14-19-8/h3-4,7,9-10H,5-6H2,1-2H3,(H,13,18)(H,16,17). The molecule has 20 heavy (non-hydrogen) atoms. The minimum absolute atomic E-state index is 0.133. The average molecular weight is 299 g/mol. The second-order valence-corrected chi connectivity index (χ2v) is 6.02. The SMILES string of the molecule is CC(C)C1SCC(C(=O)O)N1C(=O)NCc1ccno1. The lowest BCUT2D eigenvalue weighted by Crippen LogP contribution is -2.51. The normalized spacial score (nSPS) is 22.2. The van der Waals surface area contributed by atoms with Gasteiger partial charge in [0.1, 0.15) is 6.04 Å². The Labute approximate surface area is 120 Å². The van der Waals surface area contributed by atoms with Crippen molar-refractivity contribution < 1.29 is 19.2 Å². The van der Waals surface area contributed by atoms with Crippen molar-refractivity contribution in [1.29, 1.82) is 0 Å². The third-order valence-corrected chi connectivity index (χ3v) is 4.65. The molecular weight excluding hydrogens is 282 g/mol. The molecule has 2 unspecified atom stereocenters. The fourth-order valence-electron chi connectivity index (χ4n) is 2.08. The van der Waals surface area contributed by atoms with Crippen molar-refractivity contribution in [2.45, 2.75) is 31.8 Å². The van der Waals surface area contributed by atoms with Gasteiger partial charge >= 0.3 is 12.0 Å². The van der Waals surface area contributed by atoms with Crippen molar-refractivity contribution in [3.63, 3.8) is 0 Å². The number of thioether (sulfide) groups is 1. The molecule has 2 atom stereocenters. The minimum Gasteiger partial charge on any atom is -0.480 e. The molecule has 0 aliphatic carbocycles. The lowest BCUT2D eigenvalue weighted by molar-refractivity contribution is -0.141. The Bertz CT molecular complexity index is 477. The van der Waals surface area contributed by atoms with Crippen molar-refractivity contribution in [2.24, 2.45) is 5.92 Å². The summed E-state index contributed by atoms with van der Waals surface area (Å²) < 4.78 is 4.89. The third kappa shape index (κ3) is 3.06. The second kappa shape index (κ2) is 6.17. The molecule has 2 amide bonds. The van der Waals surface area contributed by atoms with Crippen molar-refractivity contribution in [3.8, 4) is 0 Å². The first-order valence-electron chi connectivity index (χ1n) is 6.31. The summed E-state index contributed by atoms with van der Waals surface area (Å²) in [6.45, 7) is 4.13. The third-order valence-electron chi connectivity index (χ3n) is 3.03. The molecule has 1 aliphatic rings. The zero-order chi connectivity index (χ0) is 14.7. The Balaban J connectivity index is 2.04. The van der Waals surface area contributed by atoms with Crippen LogP contribution in [0.1, 0.15) is 19.6 Å². The van der Waals surface area contributed by atoms with E-state index in [0.29, 0.717) is 11.5 Å². The van der Waals surface area contributed by atoms with E-state index >= 15 is 0 Å². The molecule has 0 bridgehead atoms. The van der Waals surface area contributed by atoms with E-state index in [1.54, 1.807) is 6.07 Å². The molecule has 1 saturated heterocycles. The van der Waals surface area contributed by atoms with Gasteiger partial charge in [0.25, 0.3) is 0 Å². The average Bonchev–Trinajstić information content (AvgIpc) is 3.04. The molecule has 1 fully saturated rings. The first-order valence-corrected chi connectivity index (χ1v) is 7.35. The van der Waals surface area contributed by atoms with Crippen LogP contribution in [0, 0.1) is 5.92 Å². The van der Waals surface area contributed by atoms with Crippen LogP contribution in [0.25, 0.3) is 0 Å². The number of rotatable bonds is 4. The van der Waals surface area contributed by atoms with Gasteiger partial charge < -0.3 is 14.9 Å². The zero-order valence-corrected chi connectivity index (χ0v) is 12.1. The molecule has 1 aromatic heterocycles. The number of carbonyl (C=O) groups is 2. The molecule has 1 aromatic rings. The monoisotopic (exact) mass is 299 g/mol. The van der Waals surface area contributed by atoms with Gasteiger partial charge in [0.2, 0.25) is 0 Å². The maximum atomic E-state index is 12.2. The number of urea groups is 1. The summed E-state index contributed by atoms with van der Waals surface area (Å²) in [5, 5.41) is 15.3. The predicted molar refractivity (Wildman–Crippen MR) is 73.1 cm³/mol. The van der Waals surface area contributed by atoms with Crippen molar-refractivity contribution in [2.75, 3.05) is 5.75 Å². The molecule has 2 N–H and O–H groups in total. The number of hydrogen-bond acceptors (Lipinski definition) is 5. The summed E-state index contributed by atoms with van der Waals surface area (Å²) >= 11 is 1.50. The van der Waals surface area contributed by atoms with Crippen LogP contribution in [0.5, 0.6) is 0 Å². The molecule has 110 valence electrons. The number of amides is 2. The van der Waals surface area contributed by atoms with E-state index in [0.717, 1.165) is 0 Å². The van der Waals surface area contributed by atoms with Crippen LogP contribution in [0.3, 0.4) is 0 Å². The number of nitrogens with one attached hydrogen (secondary N) is 1. The predicted octanol–water partition coefficient (Wildman–Crippen LogP) is 1.37.